The van der Waals surface area contributed by atoms with Gasteiger partial charge in [0.05, 0.1) is 0 Å². The van der Waals surface area contributed by atoms with Gasteiger partial charge in [0.1, 0.15) is 6.54 Å². The summed E-state index contributed by atoms with van der Waals surface area (Å²) >= 11 is 3.30. The minimum absolute atomic E-state index is 0.404. The minimum atomic E-state index is -1.08. The van der Waals surface area contributed by atoms with Gasteiger partial charge in [-0.05, 0) is 30.7 Å². The molecular formula is C10H11BrN2O3. The molecule has 6 heteroatoms. The minimum Gasteiger partial charge on any atom is -0.480 e. The molecule has 0 fully saturated rings. The predicted octanol–water partition coefficient (Wildman–Crippen LogP) is 1.96. The van der Waals surface area contributed by atoms with E-state index in [1.807, 2.05) is 13.0 Å². The molecule has 0 spiro atoms. The first-order chi connectivity index (χ1) is 7.47. The summed E-state index contributed by atoms with van der Waals surface area (Å²) in [6, 6.07) is 4.87. The second-order valence-corrected chi connectivity index (χ2v) is 4.13. The first-order valence-electron chi connectivity index (χ1n) is 4.51. The standard InChI is InChI=1S/C10H11BrN2O3/c1-6-2-7(11)4-8(3-6)13-10(16)12-5-9(14)15/h2-4H,5H2,1H3,(H,14,15)(H2,12,13,16). The molecule has 16 heavy (non-hydrogen) atoms. The van der Waals surface area contributed by atoms with Crippen LogP contribution in [0.4, 0.5) is 10.5 Å². The van der Waals surface area contributed by atoms with Gasteiger partial charge in [-0.15, -0.1) is 0 Å². The van der Waals surface area contributed by atoms with Gasteiger partial charge in [0.2, 0.25) is 0 Å². The number of benzene rings is 1. The normalized spacial score (nSPS) is 9.62. The lowest BCUT2D eigenvalue weighted by Crippen LogP contribution is -2.33. The fourth-order valence-corrected chi connectivity index (χ4v) is 1.75. The zero-order chi connectivity index (χ0) is 12.1. The smallest absolute Gasteiger partial charge is 0.323 e. The fourth-order valence-electron chi connectivity index (χ4n) is 1.14. The summed E-state index contributed by atoms with van der Waals surface area (Å²) in [6.07, 6.45) is 0. The molecule has 5 nitrogen and oxygen atoms in total. The van der Waals surface area contributed by atoms with Crippen LogP contribution < -0.4 is 10.6 Å². The number of halogens is 1. The number of carboxylic acid groups (broad SMARTS) is 1. The molecule has 0 bridgehead atoms. The number of carboxylic acids is 1. The van der Waals surface area contributed by atoms with E-state index in [9.17, 15) is 9.59 Å². The molecule has 1 rings (SSSR count). The van der Waals surface area contributed by atoms with Gasteiger partial charge in [0.25, 0.3) is 0 Å². The number of anilines is 1. The van der Waals surface area contributed by atoms with Gasteiger partial charge in [0.15, 0.2) is 0 Å². The molecule has 1 aromatic carbocycles. The number of aliphatic carboxylic acids is 1. The Balaban J connectivity index is 2.59. The van der Waals surface area contributed by atoms with Crippen LogP contribution in [0.2, 0.25) is 0 Å². The molecular weight excluding hydrogens is 276 g/mol. The molecule has 0 saturated heterocycles. The van der Waals surface area contributed by atoms with E-state index >= 15 is 0 Å². The Bertz CT molecular complexity index is 400. The maximum Gasteiger partial charge on any atom is 0.323 e. The number of carbonyl (C=O) groups excluding carboxylic acids is 1. The second kappa shape index (κ2) is 5.50. The summed E-state index contributed by atoms with van der Waals surface area (Å²) < 4.78 is 0.848. The molecule has 0 atom stereocenters. The summed E-state index contributed by atoms with van der Waals surface area (Å²) in [7, 11) is 0. The van der Waals surface area contributed by atoms with E-state index in [-0.39, 0.29) is 0 Å². The highest BCUT2D eigenvalue weighted by molar-refractivity contribution is 9.10. The number of hydrogen-bond acceptors (Lipinski definition) is 2. The predicted molar refractivity (Wildman–Crippen MR) is 63.5 cm³/mol. The SMILES string of the molecule is Cc1cc(Br)cc(NC(=O)NCC(=O)O)c1. The second-order valence-electron chi connectivity index (χ2n) is 3.22. The van der Waals surface area contributed by atoms with Crippen LogP contribution in [0.5, 0.6) is 0 Å². The molecule has 0 radical (unpaired) electrons. The molecule has 2 amide bonds. The third-order valence-electron chi connectivity index (χ3n) is 1.70. The van der Waals surface area contributed by atoms with Gasteiger partial charge in [-0.25, -0.2) is 4.79 Å². The molecule has 0 aliphatic carbocycles. The zero-order valence-electron chi connectivity index (χ0n) is 8.58. The lowest BCUT2D eigenvalue weighted by Gasteiger charge is -2.07. The highest BCUT2D eigenvalue weighted by Crippen LogP contribution is 2.18. The van der Waals surface area contributed by atoms with Crippen LogP contribution in [0.15, 0.2) is 22.7 Å². The van der Waals surface area contributed by atoms with E-state index in [1.54, 1.807) is 12.1 Å². The Morgan fingerprint density at radius 1 is 1.38 bits per heavy atom. The van der Waals surface area contributed by atoms with Crippen molar-refractivity contribution < 1.29 is 14.7 Å². The van der Waals surface area contributed by atoms with Crippen molar-refractivity contribution in [3.63, 3.8) is 0 Å². The van der Waals surface area contributed by atoms with Crippen LogP contribution in [-0.4, -0.2) is 23.7 Å². The number of hydrogen-bond donors (Lipinski definition) is 3. The van der Waals surface area contributed by atoms with Gasteiger partial charge in [-0.1, -0.05) is 15.9 Å². The molecule has 0 aliphatic heterocycles. The van der Waals surface area contributed by atoms with Gasteiger partial charge < -0.3 is 15.7 Å². The van der Waals surface area contributed by atoms with Crippen LogP contribution in [-0.2, 0) is 4.79 Å². The van der Waals surface area contributed by atoms with Crippen LogP contribution >= 0.6 is 15.9 Å². The van der Waals surface area contributed by atoms with Crippen molar-refractivity contribution >= 4 is 33.6 Å². The maximum absolute atomic E-state index is 11.2. The molecule has 0 aromatic heterocycles. The molecule has 0 heterocycles. The molecule has 86 valence electrons. The first-order valence-corrected chi connectivity index (χ1v) is 5.30. The highest BCUT2D eigenvalue weighted by atomic mass is 79.9. The maximum atomic E-state index is 11.2. The number of urea groups is 1. The summed E-state index contributed by atoms with van der Waals surface area (Å²) in [5.74, 6) is -1.08. The number of carbonyl (C=O) groups is 2. The van der Waals surface area contributed by atoms with E-state index < -0.39 is 18.5 Å². The lowest BCUT2D eigenvalue weighted by molar-refractivity contribution is -0.135. The Labute approximate surface area is 101 Å². The fraction of sp³-hybridized carbons (Fsp3) is 0.200. The van der Waals surface area contributed by atoms with Crippen LogP contribution in [0.1, 0.15) is 5.56 Å². The van der Waals surface area contributed by atoms with Crippen molar-refractivity contribution in [3.8, 4) is 0 Å². The van der Waals surface area contributed by atoms with E-state index in [4.69, 9.17) is 5.11 Å². The lowest BCUT2D eigenvalue weighted by atomic mass is 10.2. The Kier molecular flexibility index (Phi) is 4.30. The monoisotopic (exact) mass is 286 g/mol. The largest absolute Gasteiger partial charge is 0.480 e. The van der Waals surface area contributed by atoms with E-state index in [1.165, 1.54) is 0 Å². The van der Waals surface area contributed by atoms with Crippen LogP contribution in [0, 0.1) is 6.92 Å². The van der Waals surface area contributed by atoms with Gasteiger partial charge in [-0.3, -0.25) is 4.79 Å². The highest BCUT2D eigenvalue weighted by Gasteiger charge is 2.04. The summed E-state index contributed by atoms with van der Waals surface area (Å²) in [4.78, 5) is 21.5. The Hall–Kier alpha value is -1.56. The van der Waals surface area contributed by atoms with Gasteiger partial charge in [-0.2, -0.15) is 0 Å². The van der Waals surface area contributed by atoms with E-state index in [0.717, 1.165) is 10.0 Å². The zero-order valence-corrected chi connectivity index (χ0v) is 10.2. The van der Waals surface area contributed by atoms with Crippen molar-refractivity contribution in [1.29, 1.82) is 0 Å². The van der Waals surface area contributed by atoms with Crippen molar-refractivity contribution in [2.75, 3.05) is 11.9 Å². The Morgan fingerprint density at radius 2 is 2.06 bits per heavy atom. The summed E-state index contributed by atoms with van der Waals surface area (Å²) in [6.45, 7) is 1.49. The molecule has 3 N–H and O–H groups in total. The van der Waals surface area contributed by atoms with Gasteiger partial charge >= 0.3 is 12.0 Å². The van der Waals surface area contributed by atoms with Crippen molar-refractivity contribution in [1.82, 2.24) is 5.32 Å². The van der Waals surface area contributed by atoms with E-state index in [0.29, 0.717) is 5.69 Å². The first kappa shape index (κ1) is 12.5. The van der Waals surface area contributed by atoms with Crippen molar-refractivity contribution in [3.05, 3.63) is 28.2 Å². The number of nitrogens with one attached hydrogen (secondary N) is 2. The molecule has 0 aliphatic rings. The summed E-state index contributed by atoms with van der Waals surface area (Å²) in [5, 5.41) is 13.1. The van der Waals surface area contributed by atoms with Gasteiger partial charge in [0, 0.05) is 10.2 Å². The van der Waals surface area contributed by atoms with Crippen molar-refractivity contribution in [2.45, 2.75) is 6.92 Å². The number of rotatable bonds is 3. The van der Waals surface area contributed by atoms with Crippen LogP contribution in [0.3, 0.4) is 0 Å². The van der Waals surface area contributed by atoms with E-state index in [2.05, 4.69) is 26.6 Å². The average molecular weight is 287 g/mol. The van der Waals surface area contributed by atoms with Crippen molar-refractivity contribution in [2.24, 2.45) is 0 Å². The quantitative estimate of drug-likeness (QED) is 0.795. The average Bonchev–Trinajstić information content (AvgIpc) is 2.12. The van der Waals surface area contributed by atoms with Crippen LogP contribution in [0.25, 0.3) is 0 Å². The molecule has 0 unspecified atom stereocenters. The topological polar surface area (TPSA) is 78.4 Å². The molecule has 0 saturated carbocycles. The Morgan fingerprint density at radius 3 is 2.62 bits per heavy atom. The molecule has 1 aromatic rings. The summed E-state index contributed by atoms with van der Waals surface area (Å²) in [5.41, 5.74) is 1.60. The third-order valence-corrected chi connectivity index (χ3v) is 2.16. The number of aryl methyl sites for hydroxylation is 1. The number of amides is 2. The third kappa shape index (κ3) is 4.31.